The Morgan fingerprint density at radius 2 is 1.72 bits per heavy atom. The number of aryl methyl sites for hydroxylation is 1. The van der Waals surface area contributed by atoms with E-state index >= 15 is 0 Å². The second-order valence-electron chi connectivity index (χ2n) is 6.39. The smallest absolute Gasteiger partial charge is 0.152 e. The summed E-state index contributed by atoms with van der Waals surface area (Å²) >= 11 is 21.9. The van der Waals surface area contributed by atoms with Gasteiger partial charge in [-0.05, 0) is 69.9 Å². The minimum atomic E-state index is 0.289. The molecule has 0 atom stereocenters. The lowest BCUT2D eigenvalue weighted by molar-refractivity contribution is 0.304. The highest BCUT2D eigenvalue weighted by molar-refractivity contribution is 9.10. The van der Waals surface area contributed by atoms with E-state index in [1.807, 2.05) is 43.3 Å². The van der Waals surface area contributed by atoms with Crippen LogP contribution < -0.4 is 4.74 Å². The lowest BCUT2D eigenvalue weighted by atomic mass is 10.0. The zero-order valence-corrected chi connectivity index (χ0v) is 19.2. The molecule has 0 aromatic heterocycles. The third-order valence-corrected chi connectivity index (χ3v) is 5.79. The van der Waals surface area contributed by atoms with Gasteiger partial charge in [-0.15, -0.1) is 0 Å². The Kier molecular flexibility index (Phi) is 7.27. The highest BCUT2D eigenvalue weighted by Crippen LogP contribution is 2.36. The molecule has 146 valence electrons. The summed E-state index contributed by atoms with van der Waals surface area (Å²) in [6.07, 6.45) is 1.80. The molecule has 0 saturated heterocycles. The summed E-state index contributed by atoms with van der Waals surface area (Å²) in [4.78, 5) is 0. The first-order chi connectivity index (χ1) is 13.9. The number of rotatable bonds is 5. The number of benzene rings is 3. The SMILES string of the molecule is Cc1ccc(/C(C#N)=C\c2cc(Cl)c(OCc3ccc(Cl)c(Cl)c3)c(Br)c2)cc1. The van der Waals surface area contributed by atoms with Crippen LogP contribution in [0.5, 0.6) is 5.75 Å². The predicted octanol–water partition coefficient (Wildman–Crippen LogP) is 8.36. The van der Waals surface area contributed by atoms with Crippen molar-refractivity contribution < 1.29 is 4.74 Å². The van der Waals surface area contributed by atoms with E-state index in [0.717, 1.165) is 22.3 Å². The number of nitriles is 1. The van der Waals surface area contributed by atoms with E-state index in [4.69, 9.17) is 39.5 Å². The quantitative estimate of drug-likeness (QED) is 0.257. The van der Waals surface area contributed by atoms with Crippen LogP contribution in [0, 0.1) is 18.3 Å². The van der Waals surface area contributed by atoms with Crippen molar-refractivity contribution in [3.8, 4) is 11.8 Å². The molecule has 6 heteroatoms. The van der Waals surface area contributed by atoms with Gasteiger partial charge >= 0.3 is 0 Å². The third-order valence-electron chi connectivity index (χ3n) is 4.18. The molecule has 0 spiro atoms. The first-order valence-electron chi connectivity index (χ1n) is 8.62. The Balaban J connectivity index is 1.83. The summed E-state index contributed by atoms with van der Waals surface area (Å²) in [6, 6.07) is 19.0. The maximum atomic E-state index is 9.55. The standard InChI is InChI=1S/C23H15BrCl3NO/c1-14-2-5-17(6-3-14)18(12-28)8-16-9-19(24)23(22(27)11-16)29-13-15-4-7-20(25)21(26)10-15/h2-11H,13H2,1H3/b18-8-. The van der Waals surface area contributed by atoms with Gasteiger partial charge in [0.15, 0.2) is 5.75 Å². The van der Waals surface area contributed by atoms with Crippen molar-refractivity contribution >= 4 is 62.4 Å². The molecule has 0 heterocycles. The summed E-state index contributed by atoms with van der Waals surface area (Å²) in [5, 5.41) is 10.9. The molecule has 0 aliphatic carbocycles. The van der Waals surface area contributed by atoms with E-state index < -0.39 is 0 Å². The zero-order chi connectivity index (χ0) is 21.0. The van der Waals surface area contributed by atoms with Gasteiger partial charge < -0.3 is 4.74 Å². The molecule has 0 N–H and O–H groups in total. The normalized spacial score (nSPS) is 11.2. The molecule has 2 nitrogen and oxygen atoms in total. The van der Waals surface area contributed by atoms with Gasteiger partial charge in [0.2, 0.25) is 0 Å². The van der Waals surface area contributed by atoms with Crippen LogP contribution in [0.3, 0.4) is 0 Å². The third kappa shape index (κ3) is 5.56. The largest absolute Gasteiger partial charge is 0.486 e. The minimum absolute atomic E-state index is 0.289. The summed E-state index contributed by atoms with van der Waals surface area (Å²) < 4.78 is 6.56. The summed E-state index contributed by atoms with van der Waals surface area (Å²) in [5.41, 5.74) is 4.21. The molecule has 0 unspecified atom stereocenters. The molecule has 3 aromatic rings. The molecule has 3 aromatic carbocycles. The van der Waals surface area contributed by atoms with Crippen LogP contribution >= 0.6 is 50.7 Å². The lowest BCUT2D eigenvalue weighted by Gasteiger charge is -2.12. The first kappa shape index (κ1) is 21.7. The molecule has 3 rings (SSSR count). The van der Waals surface area contributed by atoms with E-state index in [-0.39, 0.29) is 6.61 Å². The number of ether oxygens (including phenoxy) is 1. The number of halogens is 4. The molecule has 29 heavy (non-hydrogen) atoms. The van der Waals surface area contributed by atoms with Gasteiger partial charge in [0.05, 0.1) is 31.2 Å². The van der Waals surface area contributed by atoms with Crippen molar-refractivity contribution in [3.63, 3.8) is 0 Å². The Morgan fingerprint density at radius 3 is 2.34 bits per heavy atom. The summed E-state index contributed by atoms with van der Waals surface area (Å²) in [5.74, 6) is 0.517. The van der Waals surface area contributed by atoms with Gasteiger partial charge in [-0.3, -0.25) is 0 Å². The number of hydrogen-bond acceptors (Lipinski definition) is 2. The fraction of sp³-hybridized carbons (Fsp3) is 0.0870. The van der Waals surface area contributed by atoms with Gasteiger partial charge in [0.1, 0.15) is 6.61 Å². The van der Waals surface area contributed by atoms with E-state index in [2.05, 4.69) is 22.0 Å². The zero-order valence-electron chi connectivity index (χ0n) is 15.3. The number of hydrogen-bond donors (Lipinski definition) is 0. The molecule has 0 aliphatic rings. The van der Waals surface area contributed by atoms with Gasteiger partial charge in [-0.2, -0.15) is 5.26 Å². The van der Waals surface area contributed by atoms with Crippen molar-refractivity contribution in [1.29, 1.82) is 5.26 Å². The maximum Gasteiger partial charge on any atom is 0.152 e. The van der Waals surface area contributed by atoms with Gasteiger partial charge in [0.25, 0.3) is 0 Å². The second-order valence-corrected chi connectivity index (χ2v) is 8.46. The Labute approximate surface area is 193 Å². The van der Waals surface area contributed by atoms with Crippen molar-refractivity contribution in [2.24, 2.45) is 0 Å². The van der Waals surface area contributed by atoms with Crippen molar-refractivity contribution in [2.45, 2.75) is 13.5 Å². The second kappa shape index (κ2) is 9.69. The van der Waals surface area contributed by atoms with Crippen LogP contribution in [0.4, 0.5) is 0 Å². The average molecular weight is 508 g/mol. The van der Waals surface area contributed by atoms with Crippen LogP contribution in [0.2, 0.25) is 15.1 Å². The van der Waals surface area contributed by atoms with Crippen LogP contribution in [-0.4, -0.2) is 0 Å². The number of nitrogens with zero attached hydrogens (tertiary/aromatic N) is 1. The summed E-state index contributed by atoms with van der Waals surface area (Å²) in [6.45, 7) is 2.30. The molecule has 0 fully saturated rings. The predicted molar refractivity (Wildman–Crippen MR) is 125 cm³/mol. The average Bonchev–Trinajstić information content (AvgIpc) is 2.69. The van der Waals surface area contributed by atoms with Crippen molar-refractivity contribution in [2.75, 3.05) is 0 Å². The Bertz CT molecular complexity index is 1090. The molecular formula is C23H15BrCl3NO. The fourth-order valence-corrected chi connectivity index (χ4v) is 3.98. The van der Waals surface area contributed by atoms with Gasteiger partial charge in [0, 0.05) is 0 Å². The van der Waals surface area contributed by atoms with E-state index in [1.165, 1.54) is 0 Å². The topological polar surface area (TPSA) is 33.0 Å². The molecule has 0 bridgehead atoms. The van der Waals surface area contributed by atoms with Crippen molar-refractivity contribution in [3.05, 3.63) is 96.4 Å². The van der Waals surface area contributed by atoms with E-state index in [1.54, 1.807) is 24.3 Å². The molecule has 0 amide bonds. The van der Waals surface area contributed by atoms with Gasteiger partial charge in [-0.25, -0.2) is 0 Å². The molecule has 0 aliphatic heterocycles. The Hall–Kier alpha value is -1.96. The Morgan fingerprint density at radius 1 is 1.00 bits per heavy atom. The van der Waals surface area contributed by atoms with E-state index in [9.17, 15) is 5.26 Å². The van der Waals surface area contributed by atoms with E-state index in [0.29, 0.717) is 30.9 Å². The van der Waals surface area contributed by atoms with Crippen LogP contribution in [0.25, 0.3) is 11.6 Å². The van der Waals surface area contributed by atoms with Gasteiger partial charge in [-0.1, -0.05) is 70.7 Å². The highest BCUT2D eigenvalue weighted by atomic mass is 79.9. The van der Waals surface area contributed by atoms with Crippen molar-refractivity contribution in [1.82, 2.24) is 0 Å². The minimum Gasteiger partial charge on any atom is -0.486 e. The fourth-order valence-electron chi connectivity index (χ4n) is 2.67. The van der Waals surface area contributed by atoms with Crippen LogP contribution in [0.1, 0.15) is 22.3 Å². The van der Waals surface area contributed by atoms with Crippen LogP contribution in [0.15, 0.2) is 59.1 Å². The van der Waals surface area contributed by atoms with Crippen LogP contribution in [-0.2, 0) is 6.61 Å². The monoisotopic (exact) mass is 505 g/mol. The summed E-state index contributed by atoms with van der Waals surface area (Å²) in [7, 11) is 0. The molecule has 0 radical (unpaired) electrons. The maximum absolute atomic E-state index is 9.55. The first-order valence-corrected chi connectivity index (χ1v) is 10.5. The molecular weight excluding hydrogens is 493 g/mol. The highest BCUT2D eigenvalue weighted by Gasteiger charge is 2.11. The lowest BCUT2D eigenvalue weighted by Crippen LogP contribution is -1.97. The number of allylic oxidation sites excluding steroid dienone is 1. The molecule has 0 saturated carbocycles.